The highest BCUT2D eigenvalue weighted by Crippen LogP contribution is 2.32. The number of aromatic hydroxyl groups is 1. The topological polar surface area (TPSA) is 75.2 Å². The van der Waals surface area contributed by atoms with Crippen LogP contribution >= 0.6 is 0 Å². The van der Waals surface area contributed by atoms with Gasteiger partial charge in [0.15, 0.2) is 5.88 Å². The Morgan fingerprint density at radius 2 is 1.70 bits per heavy atom. The van der Waals surface area contributed by atoms with E-state index in [0.717, 1.165) is 67.7 Å². The van der Waals surface area contributed by atoms with Crippen molar-refractivity contribution in [2.24, 2.45) is 4.99 Å². The minimum atomic E-state index is -0.0314. The molecule has 1 amide bonds. The minimum absolute atomic E-state index is 0.0314. The molecule has 7 nitrogen and oxygen atoms in total. The zero-order chi connectivity index (χ0) is 28.1. The Labute approximate surface area is 236 Å². The highest BCUT2D eigenvalue weighted by atomic mass is 16.3. The highest BCUT2D eigenvalue weighted by Gasteiger charge is 2.21. The lowest BCUT2D eigenvalue weighted by molar-refractivity contribution is 0.0793. The Hall–Kier alpha value is -3.94. The molecule has 0 aliphatic carbocycles. The molecule has 0 radical (unpaired) electrons. The van der Waals surface area contributed by atoms with Crippen LogP contribution in [0.5, 0.6) is 5.88 Å². The Kier molecular flexibility index (Phi) is 8.63. The first-order chi connectivity index (χ1) is 19.4. The Morgan fingerprint density at radius 3 is 2.40 bits per heavy atom. The van der Waals surface area contributed by atoms with E-state index in [2.05, 4.69) is 40.9 Å². The van der Waals surface area contributed by atoms with Crippen LogP contribution in [0.15, 0.2) is 77.8 Å². The van der Waals surface area contributed by atoms with Gasteiger partial charge in [0.2, 0.25) is 0 Å². The number of aliphatic imine (C=N–C) groups is 1. The van der Waals surface area contributed by atoms with E-state index >= 15 is 0 Å². The quantitative estimate of drug-likeness (QED) is 0.270. The van der Waals surface area contributed by atoms with E-state index in [1.807, 2.05) is 67.7 Å². The number of amides is 1. The Bertz CT molecular complexity index is 1470. The molecule has 0 bridgehead atoms. The number of hydrogen-bond donors (Lipinski definition) is 2. The number of H-pyrrole nitrogens is 1. The molecule has 2 N–H and O–H groups in total. The van der Waals surface area contributed by atoms with Crippen LogP contribution < -0.4 is 0 Å². The number of carbonyl (C=O) groups excluding carboxylic acids is 1. The fraction of sp³-hybridized carbons (Fsp3) is 0.333. The minimum Gasteiger partial charge on any atom is -0.494 e. The molecule has 1 aliphatic heterocycles. The van der Waals surface area contributed by atoms with Crippen molar-refractivity contribution in [2.45, 2.75) is 26.3 Å². The number of benzene rings is 3. The molecule has 1 aromatic heterocycles. The van der Waals surface area contributed by atoms with Gasteiger partial charge in [-0.2, -0.15) is 0 Å². The molecule has 0 spiro atoms. The summed E-state index contributed by atoms with van der Waals surface area (Å²) in [5, 5.41) is 11.9. The number of hydrogen-bond acceptors (Lipinski definition) is 5. The van der Waals surface area contributed by atoms with E-state index in [0.29, 0.717) is 23.4 Å². The summed E-state index contributed by atoms with van der Waals surface area (Å²) in [6, 6.07) is 23.8. The van der Waals surface area contributed by atoms with Gasteiger partial charge in [-0.15, -0.1) is 0 Å². The molecule has 5 rings (SSSR count). The molecular weight excluding hydrogens is 498 g/mol. The van der Waals surface area contributed by atoms with Crippen LogP contribution in [0.1, 0.15) is 46.8 Å². The van der Waals surface area contributed by atoms with Gasteiger partial charge >= 0.3 is 0 Å². The van der Waals surface area contributed by atoms with Crippen LogP contribution in [0, 0.1) is 0 Å². The number of nitrogens with one attached hydrogen (secondary N) is 1. The third-order valence-corrected chi connectivity index (χ3v) is 7.68. The van der Waals surface area contributed by atoms with Crippen molar-refractivity contribution in [2.75, 3.05) is 46.8 Å². The Balaban J connectivity index is 1.50. The van der Waals surface area contributed by atoms with Crippen LogP contribution in [-0.4, -0.2) is 83.2 Å². The van der Waals surface area contributed by atoms with E-state index in [-0.39, 0.29) is 11.8 Å². The van der Waals surface area contributed by atoms with Crippen molar-refractivity contribution >= 4 is 28.2 Å². The fourth-order valence-corrected chi connectivity index (χ4v) is 5.20. The fourth-order valence-electron chi connectivity index (χ4n) is 5.20. The van der Waals surface area contributed by atoms with Gasteiger partial charge in [-0.3, -0.25) is 9.69 Å². The smallest absolute Gasteiger partial charge is 0.253 e. The molecule has 1 aliphatic rings. The lowest BCUT2D eigenvalue weighted by Crippen LogP contribution is -2.43. The van der Waals surface area contributed by atoms with Gasteiger partial charge < -0.3 is 19.9 Å². The number of aromatic amines is 1. The number of aromatic nitrogens is 1. The van der Waals surface area contributed by atoms with Gasteiger partial charge in [-0.05, 0) is 49.4 Å². The van der Waals surface area contributed by atoms with E-state index < -0.39 is 0 Å². The predicted octanol–water partition coefficient (Wildman–Crippen LogP) is 5.66. The maximum Gasteiger partial charge on any atom is 0.253 e. The third-order valence-electron chi connectivity index (χ3n) is 7.68. The van der Waals surface area contributed by atoms with Gasteiger partial charge in [0.25, 0.3) is 5.91 Å². The van der Waals surface area contributed by atoms with Gasteiger partial charge in [0.05, 0.1) is 17.0 Å². The molecule has 0 unspecified atom stereocenters. The monoisotopic (exact) mass is 537 g/mol. The van der Waals surface area contributed by atoms with Crippen molar-refractivity contribution < 1.29 is 9.90 Å². The molecule has 1 fully saturated rings. The van der Waals surface area contributed by atoms with Crippen molar-refractivity contribution in [1.82, 2.24) is 19.7 Å². The first-order valence-electron chi connectivity index (χ1n) is 14.2. The van der Waals surface area contributed by atoms with Gasteiger partial charge in [0, 0.05) is 68.3 Å². The summed E-state index contributed by atoms with van der Waals surface area (Å²) in [6.45, 7) is 8.10. The summed E-state index contributed by atoms with van der Waals surface area (Å²) in [5.74, 6) is 0.00403. The zero-order valence-electron chi connectivity index (χ0n) is 23.7. The largest absolute Gasteiger partial charge is 0.494 e. The van der Waals surface area contributed by atoms with Gasteiger partial charge in [0.1, 0.15) is 0 Å². The molecule has 4 aromatic rings. The summed E-state index contributed by atoms with van der Waals surface area (Å²) in [5.41, 5.74) is 5.54. The number of rotatable bonds is 9. The molecule has 0 saturated carbocycles. The number of nitrogens with zero attached hydrogens (tertiary/aromatic N) is 4. The summed E-state index contributed by atoms with van der Waals surface area (Å²) in [4.78, 5) is 27.9. The van der Waals surface area contributed by atoms with Crippen LogP contribution in [0.25, 0.3) is 10.9 Å². The van der Waals surface area contributed by atoms with Crippen molar-refractivity contribution in [3.05, 3.63) is 95.1 Å². The molecule has 2 heterocycles. The maximum absolute atomic E-state index is 13.2. The van der Waals surface area contributed by atoms with Crippen LogP contribution in [-0.2, 0) is 6.54 Å². The van der Waals surface area contributed by atoms with Crippen molar-refractivity contribution in [3.63, 3.8) is 0 Å². The number of carbonyl (C=O) groups is 1. The van der Waals surface area contributed by atoms with Crippen LogP contribution in [0.3, 0.4) is 0 Å². The standard InChI is InChI=1S/C33H39N5O2/c1-4-5-17-37(3)33(40)26-13-16-29-28(22-26)30(32(39)35-29)31(25-9-7-6-8-10-25)34-27-14-11-24(12-15-27)23-38-20-18-36(2)19-21-38/h6-16,22,35,39H,4-5,17-21,23H2,1-3H3. The summed E-state index contributed by atoms with van der Waals surface area (Å²) in [6.07, 6.45) is 1.99. The van der Waals surface area contributed by atoms with Crippen LogP contribution in [0.2, 0.25) is 0 Å². The zero-order valence-corrected chi connectivity index (χ0v) is 23.7. The van der Waals surface area contributed by atoms with E-state index in [4.69, 9.17) is 4.99 Å². The lowest BCUT2D eigenvalue weighted by Gasteiger charge is -2.32. The van der Waals surface area contributed by atoms with E-state index in [1.165, 1.54) is 5.56 Å². The second kappa shape index (κ2) is 12.5. The van der Waals surface area contributed by atoms with E-state index in [9.17, 15) is 9.90 Å². The van der Waals surface area contributed by atoms with Crippen molar-refractivity contribution in [3.8, 4) is 5.88 Å². The average Bonchev–Trinajstić information content (AvgIpc) is 3.31. The molecule has 7 heteroatoms. The summed E-state index contributed by atoms with van der Waals surface area (Å²) in [7, 11) is 4.01. The first kappa shape index (κ1) is 27.6. The summed E-state index contributed by atoms with van der Waals surface area (Å²) < 4.78 is 0. The lowest BCUT2D eigenvalue weighted by atomic mass is 9.99. The number of piperazine rings is 1. The second-order valence-corrected chi connectivity index (χ2v) is 10.8. The molecular formula is C33H39N5O2. The molecule has 1 saturated heterocycles. The molecule has 40 heavy (non-hydrogen) atoms. The predicted molar refractivity (Wildman–Crippen MR) is 163 cm³/mol. The number of fused-ring (bicyclic) bond motifs is 1. The molecule has 3 aromatic carbocycles. The second-order valence-electron chi connectivity index (χ2n) is 10.8. The maximum atomic E-state index is 13.2. The molecule has 208 valence electrons. The normalized spacial score (nSPS) is 15.0. The van der Waals surface area contributed by atoms with Gasteiger partial charge in [-0.1, -0.05) is 55.8 Å². The summed E-state index contributed by atoms with van der Waals surface area (Å²) >= 11 is 0. The van der Waals surface area contributed by atoms with Gasteiger partial charge in [-0.25, -0.2) is 4.99 Å². The number of unbranched alkanes of at least 4 members (excludes halogenated alkanes) is 1. The average molecular weight is 538 g/mol. The molecule has 0 atom stereocenters. The van der Waals surface area contributed by atoms with E-state index in [1.54, 1.807) is 4.90 Å². The number of likely N-dealkylation sites (N-methyl/N-ethyl adjacent to an activating group) is 1. The third kappa shape index (κ3) is 6.27. The first-order valence-corrected chi connectivity index (χ1v) is 14.2. The Morgan fingerprint density at radius 1 is 0.975 bits per heavy atom. The van der Waals surface area contributed by atoms with Crippen molar-refractivity contribution in [1.29, 1.82) is 0 Å². The van der Waals surface area contributed by atoms with Crippen LogP contribution in [0.4, 0.5) is 5.69 Å². The highest BCUT2D eigenvalue weighted by molar-refractivity contribution is 6.22. The SMILES string of the molecule is CCCCN(C)C(=O)c1ccc2[nH]c(O)c(C(=Nc3ccc(CN4CCN(C)CC4)cc3)c3ccccc3)c2c1.